The predicted molar refractivity (Wildman–Crippen MR) is 112 cm³/mol. The average molecular weight is 426 g/mol. The molecule has 1 amide bonds. The Morgan fingerprint density at radius 2 is 2.06 bits per heavy atom. The molecule has 0 spiro atoms. The molecule has 0 aliphatic heterocycles. The van der Waals surface area contributed by atoms with Crippen LogP contribution < -0.4 is 11.1 Å². The number of aryl methyl sites for hydroxylation is 2. The van der Waals surface area contributed by atoms with Crippen molar-refractivity contribution in [3.8, 4) is 11.3 Å². The van der Waals surface area contributed by atoms with Gasteiger partial charge in [-0.2, -0.15) is 0 Å². The van der Waals surface area contributed by atoms with Crippen molar-refractivity contribution >= 4 is 22.9 Å². The zero-order chi connectivity index (χ0) is 24.8. The normalized spacial score (nSPS) is 14.0. The van der Waals surface area contributed by atoms with E-state index < -0.39 is 30.5 Å². The van der Waals surface area contributed by atoms with Gasteiger partial charge in [-0.05, 0) is 43.6 Å². The maximum absolute atomic E-state index is 14.9. The molecule has 0 saturated heterocycles. The van der Waals surface area contributed by atoms with E-state index in [1.807, 2.05) is 0 Å². The third kappa shape index (κ3) is 3.82. The number of nitrogen functional groups attached to an aromatic ring is 1. The molecule has 0 radical (unpaired) electrons. The van der Waals surface area contributed by atoms with Crippen LogP contribution >= 0.6 is 0 Å². The summed E-state index contributed by atoms with van der Waals surface area (Å²) in [6, 6.07) is 8.55. The zero-order valence-corrected chi connectivity index (χ0v) is 16.2. The Labute approximate surface area is 180 Å². The van der Waals surface area contributed by atoms with Gasteiger partial charge in [-0.3, -0.25) is 9.20 Å². The van der Waals surface area contributed by atoms with Crippen LogP contribution in [0.25, 0.3) is 16.8 Å². The number of rotatable bonds is 4. The molecule has 1 atom stereocenters. The molecule has 7 nitrogen and oxygen atoms in total. The summed E-state index contributed by atoms with van der Waals surface area (Å²) in [5.74, 6) is -2.70. The van der Waals surface area contributed by atoms with Gasteiger partial charge in [-0.1, -0.05) is 18.2 Å². The van der Waals surface area contributed by atoms with Gasteiger partial charge in [0.25, 0.3) is 5.91 Å². The number of hydrogen-bond acceptors (Lipinski definition) is 5. The maximum atomic E-state index is 14.9. The van der Waals surface area contributed by atoms with Crippen LogP contribution in [0.2, 0.25) is 0 Å². The lowest BCUT2D eigenvalue weighted by atomic mass is 10.1. The van der Waals surface area contributed by atoms with Gasteiger partial charge in [0.05, 0.1) is 11.4 Å². The SMILES string of the molecule is [2H]C([2H])([2H])c1nc(-c2ccc(NC(=O)C(O)c3cccc(F)c3)c(F)c2)c2c(N)nc(C)cn12. The molecule has 0 aliphatic rings. The first-order valence-electron chi connectivity index (χ1n) is 10.7. The second-order valence-electron chi connectivity index (χ2n) is 6.91. The minimum atomic E-state index is -2.57. The molecular weight excluding hydrogens is 404 g/mol. The molecule has 1 unspecified atom stereocenters. The minimum absolute atomic E-state index is 0.00877. The van der Waals surface area contributed by atoms with E-state index in [-0.39, 0.29) is 39.7 Å². The highest BCUT2D eigenvalue weighted by molar-refractivity contribution is 5.95. The van der Waals surface area contributed by atoms with Gasteiger partial charge in [-0.25, -0.2) is 18.7 Å². The molecule has 2 aromatic carbocycles. The van der Waals surface area contributed by atoms with Gasteiger partial charge in [-0.15, -0.1) is 0 Å². The standard InChI is InChI=1S/C22H19F2N5O2/c1-11-10-29-12(2)27-18(19(29)21(25)26-11)13-6-7-17(16(24)9-13)28-22(31)20(30)14-4-3-5-15(23)8-14/h3-10,20,30H,1-2H3,(H2,25,26)(H,28,31)/i2D3. The largest absolute Gasteiger partial charge is 0.382 e. The number of benzene rings is 2. The van der Waals surface area contributed by atoms with E-state index in [2.05, 4.69) is 15.3 Å². The monoisotopic (exact) mass is 426 g/mol. The van der Waals surface area contributed by atoms with Crippen molar-refractivity contribution in [2.75, 3.05) is 11.1 Å². The Kier molecular flexibility index (Phi) is 4.23. The number of imidazole rings is 1. The van der Waals surface area contributed by atoms with Gasteiger partial charge >= 0.3 is 0 Å². The van der Waals surface area contributed by atoms with Crippen LogP contribution in [-0.2, 0) is 4.79 Å². The van der Waals surface area contributed by atoms with Crippen LogP contribution in [0.3, 0.4) is 0 Å². The predicted octanol–water partition coefficient (Wildman–Crippen LogP) is 3.55. The number of nitrogens with zero attached hydrogens (tertiary/aromatic N) is 3. The maximum Gasteiger partial charge on any atom is 0.257 e. The molecule has 4 aromatic rings. The van der Waals surface area contributed by atoms with E-state index in [4.69, 9.17) is 9.85 Å². The van der Waals surface area contributed by atoms with Crippen LogP contribution in [0.15, 0.2) is 48.7 Å². The van der Waals surface area contributed by atoms with Gasteiger partial charge in [0.2, 0.25) is 0 Å². The Hall–Kier alpha value is -3.85. The van der Waals surface area contributed by atoms with Crippen molar-refractivity contribution in [2.24, 2.45) is 0 Å². The highest BCUT2D eigenvalue weighted by atomic mass is 19.1. The summed E-state index contributed by atoms with van der Waals surface area (Å²) in [5.41, 5.74) is 6.77. The van der Waals surface area contributed by atoms with Crippen molar-refractivity contribution in [1.29, 1.82) is 0 Å². The van der Waals surface area contributed by atoms with Crippen LogP contribution in [0, 0.1) is 25.4 Å². The minimum Gasteiger partial charge on any atom is -0.382 e. The van der Waals surface area contributed by atoms with E-state index in [9.17, 15) is 18.7 Å². The van der Waals surface area contributed by atoms with Crippen molar-refractivity contribution in [3.63, 3.8) is 0 Å². The lowest BCUT2D eigenvalue weighted by Gasteiger charge is -2.13. The lowest BCUT2D eigenvalue weighted by Crippen LogP contribution is -2.21. The molecule has 158 valence electrons. The molecule has 0 bridgehead atoms. The van der Waals surface area contributed by atoms with E-state index in [0.29, 0.717) is 5.69 Å². The molecule has 31 heavy (non-hydrogen) atoms. The average Bonchev–Trinajstić information content (AvgIpc) is 3.14. The third-order valence-corrected chi connectivity index (χ3v) is 4.68. The highest BCUT2D eigenvalue weighted by Gasteiger charge is 2.20. The summed E-state index contributed by atoms with van der Waals surface area (Å²) >= 11 is 0. The number of fused-ring (bicyclic) bond motifs is 1. The second kappa shape index (κ2) is 7.77. The number of carbonyl (C=O) groups excluding carboxylic acids is 1. The third-order valence-electron chi connectivity index (χ3n) is 4.68. The van der Waals surface area contributed by atoms with Crippen molar-refractivity contribution < 1.29 is 22.8 Å². The topological polar surface area (TPSA) is 106 Å². The number of halogens is 2. The molecule has 4 rings (SSSR count). The number of aliphatic hydroxyl groups excluding tert-OH is 1. The van der Waals surface area contributed by atoms with E-state index in [0.717, 1.165) is 18.2 Å². The Morgan fingerprint density at radius 3 is 2.77 bits per heavy atom. The molecule has 9 heteroatoms. The fourth-order valence-electron chi connectivity index (χ4n) is 3.26. The lowest BCUT2D eigenvalue weighted by molar-refractivity contribution is -0.124. The second-order valence-corrected chi connectivity index (χ2v) is 6.91. The molecule has 0 aliphatic carbocycles. The van der Waals surface area contributed by atoms with Crippen molar-refractivity contribution in [2.45, 2.75) is 19.9 Å². The molecule has 2 heterocycles. The fraction of sp³-hybridized carbons (Fsp3) is 0.136. The summed E-state index contributed by atoms with van der Waals surface area (Å²) in [6.45, 7) is -0.922. The quantitative estimate of drug-likeness (QED) is 0.463. The zero-order valence-electron chi connectivity index (χ0n) is 19.2. The Balaban J connectivity index is 1.70. The van der Waals surface area contributed by atoms with Crippen LogP contribution in [0.4, 0.5) is 20.3 Å². The summed E-state index contributed by atoms with van der Waals surface area (Å²) in [5, 5.41) is 12.4. The van der Waals surface area contributed by atoms with Crippen LogP contribution in [-0.4, -0.2) is 25.4 Å². The molecule has 4 N–H and O–H groups in total. The first-order valence-corrected chi connectivity index (χ1v) is 9.15. The number of amides is 1. The van der Waals surface area contributed by atoms with Gasteiger partial charge in [0.1, 0.15) is 34.5 Å². The number of nitrogens with two attached hydrogens (primary N) is 1. The number of carbonyl (C=O) groups is 1. The number of aliphatic hydroxyl groups is 1. The van der Waals surface area contributed by atoms with Crippen LogP contribution in [0.5, 0.6) is 0 Å². The van der Waals surface area contributed by atoms with Gasteiger partial charge in [0, 0.05) is 15.9 Å². The van der Waals surface area contributed by atoms with Crippen LogP contribution in [0.1, 0.15) is 27.3 Å². The highest BCUT2D eigenvalue weighted by Crippen LogP contribution is 2.31. The summed E-state index contributed by atoms with van der Waals surface area (Å²) in [6.07, 6.45) is -0.245. The summed E-state index contributed by atoms with van der Waals surface area (Å²) in [4.78, 5) is 20.7. The van der Waals surface area contributed by atoms with E-state index in [1.165, 1.54) is 34.9 Å². The molecule has 2 aromatic heterocycles. The smallest absolute Gasteiger partial charge is 0.257 e. The summed E-state index contributed by atoms with van der Waals surface area (Å²) < 4.78 is 52.9. The molecule has 0 saturated carbocycles. The Morgan fingerprint density at radius 1 is 1.26 bits per heavy atom. The number of nitrogens with one attached hydrogen (secondary N) is 1. The number of aromatic nitrogens is 3. The fourth-order valence-corrected chi connectivity index (χ4v) is 3.26. The first-order chi connectivity index (χ1) is 16.0. The van der Waals surface area contributed by atoms with E-state index in [1.54, 1.807) is 6.92 Å². The van der Waals surface area contributed by atoms with Crippen molar-refractivity contribution in [3.05, 3.63) is 77.4 Å². The Bertz CT molecular complexity index is 1420. The molecular formula is C22H19F2N5O2. The molecule has 0 fully saturated rings. The number of anilines is 2. The van der Waals surface area contributed by atoms with Crippen molar-refractivity contribution in [1.82, 2.24) is 14.4 Å². The summed E-state index contributed by atoms with van der Waals surface area (Å²) in [7, 11) is 0. The van der Waals surface area contributed by atoms with E-state index >= 15 is 0 Å². The number of hydrogen-bond donors (Lipinski definition) is 3. The first kappa shape index (κ1) is 16.9. The van der Waals surface area contributed by atoms with Gasteiger partial charge in [0.15, 0.2) is 6.10 Å². The van der Waals surface area contributed by atoms with Gasteiger partial charge < -0.3 is 16.2 Å².